The number of amides is 2. The second kappa shape index (κ2) is 6.93. The Morgan fingerprint density at radius 3 is 2.86 bits per heavy atom. The van der Waals surface area contributed by atoms with E-state index in [1.54, 1.807) is 23.1 Å². The summed E-state index contributed by atoms with van der Waals surface area (Å²) in [5.74, 6) is -1.10. The number of carbonyl (C=O) groups excluding carboxylic acids is 2. The van der Waals surface area contributed by atoms with Crippen molar-refractivity contribution in [2.75, 3.05) is 18.1 Å². The third-order valence-electron chi connectivity index (χ3n) is 3.32. The van der Waals surface area contributed by atoms with Crippen LogP contribution >= 0.6 is 0 Å². The van der Waals surface area contributed by atoms with Crippen LogP contribution in [-0.2, 0) is 14.4 Å². The molecular weight excluding hydrogens is 288 g/mol. The van der Waals surface area contributed by atoms with Crippen molar-refractivity contribution in [1.29, 1.82) is 0 Å². The molecule has 22 heavy (non-hydrogen) atoms. The molecule has 0 aromatic heterocycles. The summed E-state index contributed by atoms with van der Waals surface area (Å²) in [5, 5.41) is 11.0. The molecule has 2 rings (SSSR count). The SMILES string of the molecule is C[C@@H](NC(=O)COc1cccc(N2CCCC2=O)c1)C(=O)O. The number of aliphatic carboxylic acids is 1. The molecule has 0 saturated carbocycles. The minimum absolute atomic E-state index is 0.0742. The van der Waals surface area contributed by atoms with E-state index in [9.17, 15) is 14.4 Å². The maximum absolute atomic E-state index is 11.7. The van der Waals surface area contributed by atoms with Gasteiger partial charge in [-0.2, -0.15) is 0 Å². The number of ether oxygens (including phenoxy) is 1. The first-order chi connectivity index (χ1) is 10.5. The number of carboxylic acids is 1. The fourth-order valence-electron chi connectivity index (χ4n) is 2.16. The van der Waals surface area contributed by atoms with Gasteiger partial charge in [-0.1, -0.05) is 6.07 Å². The monoisotopic (exact) mass is 306 g/mol. The summed E-state index contributed by atoms with van der Waals surface area (Å²) in [7, 11) is 0. The van der Waals surface area contributed by atoms with E-state index in [0.29, 0.717) is 18.7 Å². The molecule has 0 spiro atoms. The first-order valence-corrected chi connectivity index (χ1v) is 7.03. The summed E-state index contributed by atoms with van der Waals surface area (Å²) in [6, 6.07) is 5.95. The van der Waals surface area contributed by atoms with Crippen molar-refractivity contribution in [3.05, 3.63) is 24.3 Å². The van der Waals surface area contributed by atoms with Crippen LogP contribution in [0.1, 0.15) is 19.8 Å². The van der Waals surface area contributed by atoms with Crippen LogP contribution in [0.4, 0.5) is 5.69 Å². The smallest absolute Gasteiger partial charge is 0.325 e. The Balaban J connectivity index is 1.92. The molecule has 118 valence electrons. The lowest BCUT2D eigenvalue weighted by Crippen LogP contribution is -2.40. The highest BCUT2D eigenvalue weighted by Crippen LogP contribution is 2.25. The fraction of sp³-hybridized carbons (Fsp3) is 0.400. The van der Waals surface area contributed by atoms with Gasteiger partial charge in [-0.05, 0) is 25.5 Å². The zero-order valence-corrected chi connectivity index (χ0v) is 12.2. The average Bonchev–Trinajstić information content (AvgIpc) is 2.91. The van der Waals surface area contributed by atoms with E-state index in [2.05, 4.69) is 5.32 Å². The second-order valence-corrected chi connectivity index (χ2v) is 5.06. The lowest BCUT2D eigenvalue weighted by Gasteiger charge is -2.17. The molecule has 0 aliphatic carbocycles. The quantitative estimate of drug-likeness (QED) is 0.809. The number of hydrogen-bond acceptors (Lipinski definition) is 4. The standard InChI is InChI=1S/C15H18N2O5/c1-10(15(20)21)16-13(18)9-22-12-5-2-4-11(8-12)17-7-3-6-14(17)19/h2,4-5,8,10H,3,6-7,9H2,1H3,(H,16,18)(H,20,21)/t10-/m1/s1. The van der Waals surface area contributed by atoms with Crippen LogP contribution in [0.25, 0.3) is 0 Å². The normalized spacial score (nSPS) is 15.5. The second-order valence-electron chi connectivity index (χ2n) is 5.06. The van der Waals surface area contributed by atoms with Gasteiger partial charge in [0.2, 0.25) is 5.91 Å². The molecule has 1 aromatic rings. The number of hydrogen-bond donors (Lipinski definition) is 2. The Labute approximate surface area is 127 Å². The fourth-order valence-corrected chi connectivity index (χ4v) is 2.16. The molecule has 7 heteroatoms. The molecule has 0 bridgehead atoms. The average molecular weight is 306 g/mol. The summed E-state index contributed by atoms with van der Waals surface area (Å²) in [5.41, 5.74) is 0.735. The third kappa shape index (κ3) is 3.97. The van der Waals surface area contributed by atoms with Crippen LogP contribution in [0, 0.1) is 0 Å². The molecule has 1 aromatic carbocycles. The van der Waals surface area contributed by atoms with E-state index in [0.717, 1.165) is 12.1 Å². The number of carbonyl (C=O) groups is 3. The van der Waals surface area contributed by atoms with Gasteiger partial charge in [-0.15, -0.1) is 0 Å². The Hall–Kier alpha value is -2.57. The molecule has 2 N–H and O–H groups in total. The number of rotatable bonds is 6. The zero-order chi connectivity index (χ0) is 16.1. The molecular formula is C15H18N2O5. The van der Waals surface area contributed by atoms with Crippen molar-refractivity contribution in [3.8, 4) is 5.75 Å². The first-order valence-electron chi connectivity index (χ1n) is 7.03. The lowest BCUT2D eigenvalue weighted by atomic mass is 10.3. The maximum Gasteiger partial charge on any atom is 0.325 e. The largest absolute Gasteiger partial charge is 0.484 e. The molecule has 7 nitrogen and oxygen atoms in total. The number of nitrogens with one attached hydrogen (secondary N) is 1. The van der Waals surface area contributed by atoms with Gasteiger partial charge in [0.25, 0.3) is 5.91 Å². The minimum Gasteiger partial charge on any atom is -0.484 e. The van der Waals surface area contributed by atoms with Crippen LogP contribution in [0.5, 0.6) is 5.75 Å². The van der Waals surface area contributed by atoms with Crippen LogP contribution in [0.2, 0.25) is 0 Å². The maximum atomic E-state index is 11.7. The molecule has 1 aliphatic rings. The lowest BCUT2D eigenvalue weighted by molar-refractivity contribution is -0.141. The van der Waals surface area contributed by atoms with Crippen molar-refractivity contribution in [1.82, 2.24) is 5.32 Å². The van der Waals surface area contributed by atoms with E-state index in [1.165, 1.54) is 6.92 Å². The highest BCUT2D eigenvalue weighted by molar-refractivity contribution is 5.95. The van der Waals surface area contributed by atoms with Crippen LogP contribution in [0.3, 0.4) is 0 Å². The molecule has 1 fully saturated rings. The van der Waals surface area contributed by atoms with Crippen molar-refractivity contribution < 1.29 is 24.2 Å². The summed E-state index contributed by atoms with van der Waals surface area (Å²) in [4.78, 5) is 35.6. The van der Waals surface area contributed by atoms with Crippen molar-refractivity contribution in [3.63, 3.8) is 0 Å². The Bertz CT molecular complexity index is 587. The van der Waals surface area contributed by atoms with E-state index >= 15 is 0 Å². The Morgan fingerprint density at radius 2 is 2.23 bits per heavy atom. The summed E-state index contributed by atoms with van der Waals surface area (Å²) in [6.45, 7) is 1.77. The molecule has 1 saturated heterocycles. The highest BCUT2D eigenvalue weighted by Gasteiger charge is 2.22. The van der Waals surface area contributed by atoms with Gasteiger partial charge in [-0.3, -0.25) is 14.4 Å². The summed E-state index contributed by atoms with van der Waals surface area (Å²) >= 11 is 0. The zero-order valence-electron chi connectivity index (χ0n) is 12.2. The van der Waals surface area contributed by atoms with Gasteiger partial charge in [-0.25, -0.2) is 0 Å². The van der Waals surface area contributed by atoms with E-state index in [1.807, 2.05) is 6.07 Å². The third-order valence-corrected chi connectivity index (χ3v) is 3.32. The van der Waals surface area contributed by atoms with Crippen LogP contribution in [-0.4, -0.2) is 42.1 Å². The first kappa shape index (κ1) is 15.8. The predicted octanol–water partition coefficient (Wildman–Crippen LogP) is 0.781. The van der Waals surface area contributed by atoms with Crippen molar-refractivity contribution in [2.45, 2.75) is 25.8 Å². The molecule has 0 unspecified atom stereocenters. The van der Waals surface area contributed by atoms with E-state index in [4.69, 9.17) is 9.84 Å². The number of nitrogens with zero attached hydrogens (tertiary/aromatic N) is 1. The summed E-state index contributed by atoms with van der Waals surface area (Å²) < 4.78 is 5.34. The van der Waals surface area contributed by atoms with Gasteiger partial charge in [0.1, 0.15) is 11.8 Å². The van der Waals surface area contributed by atoms with Gasteiger partial charge in [0.05, 0.1) is 0 Å². The molecule has 1 aliphatic heterocycles. The molecule has 1 heterocycles. The van der Waals surface area contributed by atoms with Gasteiger partial charge in [0.15, 0.2) is 6.61 Å². The van der Waals surface area contributed by atoms with Crippen molar-refractivity contribution in [2.24, 2.45) is 0 Å². The minimum atomic E-state index is -1.11. The number of benzene rings is 1. The summed E-state index contributed by atoms with van der Waals surface area (Å²) in [6.07, 6.45) is 1.37. The molecule has 2 amide bonds. The van der Waals surface area contributed by atoms with Crippen LogP contribution < -0.4 is 15.0 Å². The Kier molecular flexibility index (Phi) is 4.98. The number of carboxylic acid groups (broad SMARTS) is 1. The highest BCUT2D eigenvalue weighted by atomic mass is 16.5. The predicted molar refractivity (Wildman–Crippen MR) is 78.8 cm³/mol. The van der Waals surface area contributed by atoms with Crippen molar-refractivity contribution >= 4 is 23.5 Å². The van der Waals surface area contributed by atoms with Gasteiger partial charge < -0.3 is 20.1 Å². The van der Waals surface area contributed by atoms with E-state index < -0.39 is 17.9 Å². The van der Waals surface area contributed by atoms with Gasteiger partial charge >= 0.3 is 5.97 Å². The topological polar surface area (TPSA) is 95.9 Å². The van der Waals surface area contributed by atoms with Crippen LogP contribution in [0.15, 0.2) is 24.3 Å². The van der Waals surface area contributed by atoms with Gasteiger partial charge in [0, 0.05) is 24.7 Å². The number of anilines is 1. The van der Waals surface area contributed by atoms with E-state index in [-0.39, 0.29) is 12.5 Å². The Morgan fingerprint density at radius 1 is 1.45 bits per heavy atom. The molecule has 0 radical (unpaired) electrons. The molecule has 1 atom stereocenters.